The van der Waals surface area contributed by atoms with E-state index in [2.05, 4.69) is 30.3 Å². The summed E-state index contributed by atoms with van der Waals surface area (Å²) in [5.41, 5.74) is 0. The van der Waals surface area contributed by atoms with Crippen molar-refractivity contribution in [3.8, 4) is 6.07 Å². The minimum absolute atomic E-state index is 0.440. The van der Waals surface area contributed by atoms with Crippen LogP contribution in [-0.4, -0.2) is 37.1 Å². The fraction of sp³-hybridized carbons (Fsp3) is 0.900. The average molecular weight is 181 g/mol. The van der Waals surface area contributed by atoms with Crippen LogP contribution in [-0.2, 0) is 0 Å². The zero-order valence-electron chi connectivity index (χ0n) is 8.58. The van der Waals surface area contributed by atoms with Crippen LogP contribution in [0.15, 0.2) is 0 Å². The molecule has 1 aliphatic heterocycles. The summed E-state index contributed by atoms with van der Waals surface area (Å²) in [7, 11) is 2.14. The molecule has 0 aromatic rings. The molecule has 0 bridgehead atoms. The summed E-state index contributed by atoms with van der Waals surface area (Å²) in [5.74, 6) is 0. The predicted molar refractivity (Wildman–Crippen MR) is 53.3 cm³/mol. The number of rotatable bonds is 4. The van der Waals surface area contributed by atoms with Crippen molar-refractivity contribution in [1.29, 1.82) is 5.26 Å². The zero-order chi connectivity index (χ0) is 9.68. The first kappa shape index (κ1) is 10.5. The molecule has 1 aliphatic rings. The van der Waals surface area contributed by atoms with Gasteiger partial charge in [-0.3, -0.25) is 4.90 Å². The Labute approximate surface area is 80.7 Å². The Hall–Kier alpha value is -0.590. The van der Waals surface area contributed by atoms with Crippen molar-refractivity contribution in [2.75, 3.05) is 20.1 Å². The van der Waals surface area contributed by atoms with Crippen LogP contribution in [0.3, 0.4) is 0 Å². The summed E-state index contributed by atoms with van der Waals surface area (Å²) in [6.07, 6.45) is 2.95. The Morgan fingerprint density at radius 3 is 2.92 bits per heavy atom. The van der Waals surface area contributed by atoms with Crippen molar-refractivity contribution >= 4 is 0 Å². The van der Waals surface area contributed by atoms with Crippen LogP contribution in [0.5, 0.6) is 0 Å². The smallest absolute Gasteiger partial charge is 0.0638 e. The lowest BCUT2D eigenvalue weighted by atomic mass is 10.1. The highest BCUT2D eigenvalue weighted by Gasteiger charge is 2.23. The number of nitrogens with zero attached hydrogens (tertiary/aromatic N) is 2. The van der Waals surface area contributed by atoms with Gasteiger partial charge in [0.25, 0.3) is 0 Å². The molecule has 0 aromatic heterocycles. The van der Waals surface area contributed by atoms with Gasteiger partial charge < -0.3 is 5.32 Å². The van der Waals surface area contributed by atoms with Crippen molar-refractivity contribution in [2.24, 2.45) is 0 Å². The molecule has 0 spiro atoms. The van der Waals surface area contributed by atoms with Gasteiger partial charge in [0, 0.05) is 18.6 Å². The minimum atomic E-state index is 0.440. The topological polar surface area (TPSA) is 39.1 Å². The molecule has 1 N–H and O–H groups in total. The fourth-order valence-electron chi connectivity index (χ4n) is 1.97. The van der Waals surface area contributed by atoms with Crippen LogP contribution in [0.1, 0.15) is 26.2 Å². The lowest BCUT2D eigenvalue weighted by Gasteiger charge is -2.30. The number of nitrogens with one attached hydrogen (secondary N) is 1. The summed E-state index contributed by atoms with van der Waals surface area (Å²) in [5, 5.41) is 12.0. The van der Waals surface area contributed by atoms with E-state index in [0.717, 1.165) is 19.5 Å². The SMILES string of the molecule is CCC(CC#N)N(C)C1CCNC1. The van der Waals surface area contributed by atoms with Crippen LogP contribution >= 0.6 is 0 Å². The standard InChI is InChI=1S/C10H19N3/c1-3-9(4-6-11)13(2)10-5-7-12-8-10/h9-10,12H,3-5,7-8H2,1-2H3. The van der Waals surface area contributed by atoms with Gasteiger partial charge >= 0.3 is 0 Å². The summed E-state index contributed by atoms with van der Waals surface area (Å²) in [6, 6.07) is 3.34. The Morgan fingerprint density at radius 1 is 1.69 bits per heavy atom. The van der Waals surface area contributed by atoms with E-state index in [1.54, 1.807) is 0 Å². The fourth-order valence-corrected chi connectivity index (χ4v) is 1.97. The van der Waals surface area contributed by atoms with E-state index in [1.807, 2.05) is 0 Å². The van der Waals surface area contributed by atoms with Crippen LogP contribution < -0.4 is 5.32 Å². The summed E-state index contributed by atoms with van der Waals surface area (Å²) in [4.78, 5) is 2.36. The largest absolute Gasteiger partial charge is 0.315 e. The van der Waals surface area contributed by atoms with Gasteiger partial charge in [-0.15, -0.1) is 0 Å². The molecule has 74 valence electrons. The molecular formula is C10H19N3. The second kappa shape index (κ2) is 5.21. The Balaban J connectivity index is 2.42. The molecule has 2 unspecified atom stereocenters. The molecule has 2 atom stereocenters. The normalized spacial score (nSPS) is 24.6. The van der Waals surface area contributed by atoms with Gasteiger partial charge in [-0.05, 0) is 26.4 Å². The lowest BCUT2D eigenvalue weighted by molar-refractivity contribution is 0.180. The third-order valence-electron chi connectivity index (χ3n) is 2.98. The Kier molecular flexibility index (Phi) is 4.20. The molecule has 0 saturated carbocycles. The molecular weight excluding hydrogens is 162 g/mol. The molecule has 13 heavy (non-hydrogen) atoms. The second-order valence-corrected chi connectivity index (χ2v) is 3.74. The van der Waals surface area contributed by atoms with Gasteiger partial charge in [-0.1, -0.05) is 6.92 Å². The van der Waals surface area contributed by atoms with E-state index in [9.17, 15) is 0 Å². The third-order valence-corrected chi connectivity index (χ3v) is 2.98. The van der Waals surface area contributed by atoms with Crippen molar-refractivity contribution in [3.63, 3.8) is 0 Å². The van der Waals surface area contributed by atoms with Crippen molar-refractivity contribution < 1.29 is 0 Å². The first-order valence-corrected chi connectivity index (χ1v) is 5.09. The van der Waals surface area contributed by atoms with Crippen molar-refractivity contribution in [3.05, 3.63) is 0 Å². The van der Waals surface area contributed by atoms with Gasteiger partial charge in [0.05, 0.1) is 12.5 Å². The maximum atomic E-state index is 8.67. The number of likely N-dealkylation sites (N-methyl/N-ethyl adjacent to an activating group) is 1. The highest BCUT2D eigenvalue weighted by molar-refractivity contribution is 4.87. The molecule has 0 amide bonds. The summed E-state index contributed by atoms with van der Waals surface area (Å²) >= 11 is 0. The first-order valence-electron chi connectivity index (χ1n) is 5.09. The number of hydrogen-bond donors (Lipinski definition) is 1. The number of nitriles is 1. The molecule has 1 rings (SSSR count). The maximum Gasteiger partial charge on any atom is 0.0638 e. The Bertz CT molecular complexity index is 179. The predicted octanol–water partition coefficient (Wildman–Crippen LogP) is 0.972. The van der Waals surface area contributed by atoms with Gasteiger partial charge in [-0.2, -0.15) is 5.26 Å². The van der Waals surface area contributed by atoms with E-state index >= 15 is 0 Å². The summed E-state index contributed by atoms with van der Waals surface area (Å²) in [6.45, 7) is 4.36. The van der Waals surface area contributed by atoms with Crippen LogP contribution in [0, 0.1) is 11.3 Å². The number of hydrogen-bond acceptors (Lipinski definition) is 3. The monoisotopic (exact) mass is 181 g/mol. The van der Waals surface area contributed by atoms with Gasteiger partial charge in [-0.25, -0.2) is 0 Å². The molecule has 1 heterocycles. The highest BCUT2D eigenvalue weighted by Crippen LogP contribution is 2.14. The van der Waals surface area contributed by atoms with E-state index in [0.29, 0.717) is 18.5 Å². The molecule has 0 radical (unpaired) electrons. The van der Waals surface area contributed by atoms with Crippen molar-refractivity contribution in [2.45, 2.75) is 38.3 Å². The van der Waals surface area contributed by atoms with Gasteiger partial charge in [0.2, 0.25) is 0 Å². The average Bonchev–Trinajstić information content (AvgIpc) is 2.65. The molecule has 1 saturated heterocycles. The van der Waals surface area contributed by atoms with E-state index in [4.69, 9.17) is 5.26 Å². The lowest BCUT2D eigenvalue weighted by Crippen LogP contribution is -2.40. The van der Waals surface area contributed by atoms with Gasteiger partial charge in [0.15, 0.2) is 0 Å². The van der Waals surface area contributed by atoms with Crippen LogP contribution in [0.4, 0.5) is 0 Å². The quantitative estimate of drug-likeness (QED) is 0.702. The van der Waals surface area contributed by atoms with E-state index in [-0.39, 0.29) is 0 Å². The maximum absolute atomic E-state index is 8.67. The van der Waals surface area contributed by atoms with Crippen LogP contribution in [0.2, 0.25) is 0 Å². The molecule has 3 nitrogen and oxygen atoms in total. The van der Waals surface area contributed by atoms with Gasteiger partial charge in [0.1, 0.15) is 0 Å². The minimum Gasteiger partial charge on any atom is -0.315 e. The molecule has 3 heteroatoms. The molecule has 1 fully saturated rings. The first-order chi connectivity index (χ1) is 6.29. The highest BCUT2D eigenvalue weighted by atomic mass is 15.2. The molecule has 0 aromatic carbocycles. The second-order valence-electron chi connectivity index (χ2n) is 3.74. The molecule has 0 aliphatic carbocycles. The van der Waals surface area contributed by atoms with E-state index < -0.39 is 0 Å². The Morgan fingerprint density at radius 2 is 2.46 bits per heavy atom. The van der Waals surface area contributed by atoms with Crippen molar-refractivity contribution in [1.82, 2.24) is 10.2 Å². The third kappa shape index (κ3) is 2.68. The summed E-state index contributed by atoms with van der Waals surface area (Å²) < 4.78 is 0. The van der Waals surface area contributed by atoms with E-state index in [1.165, 1.54) is 6.42 Å². The van der Waals surface area contributed by atoms with Crippen LogP contribution in [0.25, 0.3) is 0 Å². The zero-order valence-corrected chi connectivity index (χ0v) is 8.58.